The largest absolute Gasteiger partial charge is 0.459 e. The average molecular weight is 382 g/mol. The van der Waals surface area contributed by atoms with Gasteiger partial charge in [0.15, 0.2) is 0 Å². The quantitative estimate of drug-likeness (QED) is 0.735. The molecule has 3 heterocycles. The molecule has 4 rings (SSSR count). The Morgan fingerprint density at radius 1 is 1.19 bits per heavy atom. The van der Waals surface area contributed by atoms with Crippen molar-refractivity contribution >= 4 is 34.1 Å². The van der Waals surface area contributed by atoms with Crippen molar-refractivity contribution in [2.75, 3.05) is 13.1 Å². The number of nitrogens with zero attached hydrogens (tertiary/aromatic N) is 1. The van der Waals surface area contributed by atoms with Gasteiger partial charge in [-0.15, -0.1) is 11.3 Å². The molecule has 5 nitrogen and oxygen atoms in total. The molecule has 2 aromatic heterocycles. The summed E-state index contributed by atoms with van der Waals surface area (Å²) in [4.78, 5) is 27.7. The maximum atomic E-state index is 12.6. The zero-order valence-corrected chi connectivity index (χ0v) is 16.0. The van der Waals surface area contributed by atoms with Gasteiger partial charge >= 0.3 is 0 Å². The molecular formula is C21H22N2O3S. The van der Waals surface area contributed by atoms with Crippen LogP contribution < -0.4 is 5.32 Å². The van der Waals surface area contributed by atoms with E-state index in [2.05, 4.69) is 5.32 Å². The van der Waals surface area contributed by atoms with Crippen LogP contribution in [0.25, 0.3) is 11.0 Å². The number of amides is 2. The van der Waals surface area contributed by atoms with Gasteiger partial charge in [-0.05, 0) is 43.3 Å². The number of hydrogen-bond acceptors (Lipinski definition) is 4. The average Bonchev–Trinajstić information content (AvgIpc) is 3.37. The highest BCUT2D eigenvalue weighted by molar-refractivity contribution is 7.12. The van der Waals surface area contributed by atoms with Gasteiger partial charge in [0.25, 0.3) is 5.91 Å². The van der Waals surface area contributed by atoms with E-state index >= 15 is 0 Å². The van der Waals surface area contributed by atoms with Crippen LogP contribution in [0.2, 0.25) is 0 Å². The van der Waals surface area contributed by atoms with Crippen molar-refractivity contribution < 1.29 is 14.0 Å². The zero-order valence-electron chi connectivity index (χ0n) is 15.2. The smallest absolute Gasteiger partial charge is 0.263 e. The fourth-order valence-electron chi connectivity index (χ4n) is 3.52. The molecule has 0 spiro atoms. The molecule has 6 heteroatoms. The summed E-state index contributed by atoms with van der Waals surface area (Å²) in [6.45, 7) is 3.17. The third-order valence-corrected chi connectivity index (χ3v) is 5.97. The Morgan fingerprint density at radius 2 is 1.96 bits per heavy atom. The molecule has 2 amide bonds. The first-order valence-electron chi connectivity index (χ1n) is 9.23. The van der Waals surface area contributed by atoms with Crippen molar-refractivity contribution in [1.82, 2.24) is 10.2 Å². The predicted octanol–water partition coefficient (Wildman–Crippen LogP) is 4.22. The molecular weight excluding hydrogens is 360 g/mol. The van der Waals surface area contributed by atoms with Crippen LogP contribution >= 0.6 is 11.3 Å². The van der Waals surface area contributed by atoms with E-state index in [0.29, 0.717) is 25.9 Å². The normalized spacial score (nSPS) is 16.4. The number of likely N-dealkylation sites (tertiary alicyclic amines) is 1. The van der Waals surface area contributed by atoms with Crippen LogP contribution in [0.5, 0.6) is 0 Å². The number of furan rings is 1. The third kappa shape index (κ3) is 3.76. The van der Waals surface area contributed by atoms with Gasteiger partial charge in [-0.1, -0.05) is 24.3 Å². The number of nitrogens with one attached hydrogen (secondary N) is 1. The SMILES string of the molecule is C[C@@H](NC(=O)C1CCN(C(=O)c2cccs2)CC1)c1cc2ccccc2o1. The number of thiophene rings is 1. The standard InChI is InChI=1S/C21H22N2O3S/c1-14(18-13-16-5-2-3-6-17(16)26-18)22-20(24)15-8-10-23(11-9-15)21(25)19-7-4-12-27-19/h2-7,12-15H,8-11H2,1H3,(H,22,24)/t14-/m1/s1. The van der Waals surface area contributed by atoms with Gasteiger partial charge in [-0.2, -0.15) is 0 Å². The molecule has 1 aromatic carbocycles. The number of rotatable bonds is 4. The Bertz CT molecular complexity index is 906. The number of para-hydroxylation sites is 1. The summed E-state index contributed by atoms with van der Waals surface area (Å²) in [5.41, 5.74) is 0.828. The van der Waals surface area contributed by atoms with Crippen LogP contribution in [0.4, 0.5) is 0 Å². The fourth-order valence-corrected chi connectivity index (χ4v) is 4.21. The van der Waals surface area contributed by atoms with Crippen LogP contribution in [0.3, 0.4) is 0 Å². The highest BCUT2D eigenvalue weighted by Crippen LogP contribution is 2.25. The van der Waals surface area contributed by atoms with Gasteiger partial charge in [-0.3, -0.25) is 9.59 Å². The van der Waals surface area contributed by atoms with Gasteiger partial charge in [0.1, 0.15) is 11.3 Å². The highest BCUT2D eigenvalue weighted by atomic mass is 32.1. The summed E-state index contributed by atoms with van der Waals surface area (Å²) in [6.07, 6.45) is 1.38. The van der Waals surface area contributed by atoms with Crippen molar-refractivity contribution in [1.29, 1.82) is 0 Å². The second-order valence-corrected chi connectivity index (χ2v) is 7.91. The fraction of sp³-hybridized carbons (Fsp3) is 0.333. The molecule has 1 N–H and O–H groups in total. The molecule has 3 aromatic rings. The highest BCUT2D eigenvalue weighted by Gasteiger charge is 2.29. The van der Waals surface area contributed by atoms with E-state index in [9.17, 15) is 9.59 Å². The predicted molar refractivity (Wildman–Crippen MR) is 106 cm³/mol. The molecule has 0 saturated carbocycles. The number of hydrogen-bond donors (Lipinski definition) is 1. The zero-order chi connectivity index (χ0) is 18.8. The molecule has 0 bridgehead atoms. The first kappa shape index (κ1) is 17.8. The number of carbonyl (C=O) groups is 2. The molecule has 0 unspecified atom stereocenters. The summed E-state index contributed by atoms with van der Waals surface area (Å²) < 4.78 is 5.84. The van der Waals surface area contributed by atoms with E-state index in [-0.39, 0.29) is 23.8 Å². The van der Waals surface area contributed by atoms with Crippen LogP contribution in [-0.2, 0) is 4.79 Å². The van der Waals surface area contributed by atoms with E-state index in [0.717, 1.165) is 21.6 Å². The van der Waals surface area contributed by atoms with E-state index < -0.39 is 0 Å². The number of piperidine rings is 1. The van der Waals surface area contributed by atoms with E-state index in [1.54, 1.807) is 0 Å². The lowest BCUT2D eigenvalue weighted by Crippen LogP contribution is -2.43. The first-order chi connectivity index (χ1) is 13.1. The lowest BCUT2D eigenvalue weighted by atomic mass is 9.95. The topological polar surface area (TPSA) is 62.6 Å². The number of fused-ring (bicyclic) bond motifs is 1. The minimum absolute atomic E-state index is 0.0335. The summed E-state index contributed by atoms with van der Waals surface area (Å²) in [7, 11) is 0. The Hall–Kier alpha value is -2.60. The maximum absolute atomic E-state index is 12.6. The number of benzene rings is 1. The van der Waals surface area contributed by atoms with Crippen LogP contribution in [-0.4, -0.2) is 29.8 Å². The minimum atomic E-state index is -0.185. The second-order valence-electron chi connectivity index (χ2n) is 6.96. The second kappa shape index (κ2) is 7.56. The maximum Gasteiger partial charge on any atom is 0.263 e. The summed E-state index contributed by atoms with van der Waals surface area (Å²) in [5.74, 6) is 0.796. The number of carbonyl (C=O) groups excluding carboxylic acids is 2. The molecule has 0 radical (unpaired) electrons. The Morgan fingerprint density at radius 3 is 2.67 bits per heavy atom. The van der Waals surface area contributed by atoms with Gasteiger partial charge in [0.2, 0.25) is 5.91 Å². The minimum Gasteiger partial charge on any atom is -0.459 e. The monoisotopic (exact) mass is 382 g/mol. The van der Waals surface area contributed by atoms with Gasteiger partial charge in [0.05, 0.1) is 10.9 Å². The Balaban J connectivity index is 1.33. The van der Waals surface area contributed by atoms with Crippen molar-refractivity contribution in [2.24, 2.45) is 5.92 Å². The van der Waals surface area contributed by atoms with Gasteiger partial charge < -0.3 is 14.6 Å². The molecule has 140 valence electrons. The van der Waals surface area contributed by atoms with Gasteiger partial charge in [0, 0.05) is 24.4 Å². The molecule has 27 heavy (non-hydrogen) atoms. The van der Waals surface area contributed by atoms with Crippen molar-refractivity contribution in [3.8, 4) is 0 Å². The van der Waals surface area contributed by atoms with E-state index in [4.69, 9.17) is 4.42 Å². The van der Waals surface area contributed by atoms with Crippen LogP contribution in [0, 0.1) is 5.92 Å². The molecule has 1 aliphatic heterocycles. The van der Waals surface area contributed by atoms with Gasteiger partial charge in [-0.25, -0.2) is 0 Å². The summed E-state index contributed by atoms with van der Waals surface area (Å²) >= 11 is 1.46. The first-order valence-corrected chi connectivity index (χ1v) is 10.1. The molecule has 1 saturated heterocycles. The Kier molecular flexibility index (Phi) is 4.99. The Labute approximate surface area is 162 Å². The lowest BCUT2D eigenvalue weighted by molar-refractivity contribution is -0.127. The van der Waals surface area contributed by atoms with Crippen LogP contribution in [0.1, 0.15) is 41.2 Å². The van der Waals surface area contributed by atoms with Crippen molar-refractivity contribution in [3.63, 3.8) is 0 Å². The van der Waals surface area contributed by atoms with Crippen LogP contribution in [0.15, 0.2) is 52.3 Å². The molecule has 1 atom stereocenters. The van der Waals surface area contributed by atoms with Crippen molar-refractivity contribution in [2.45, 2.75) is 25.8 Å². The van der Waals surface area contributed by atoms with Crippen molar-refractivity contribution in [3.05, 3.63) is 58.5 Å². The lowest BCUT2D eigenvalue weighted by Gasteiger charge is -2.31. The third-order valence-electron chi connectivity index (χ3n) is 5.12. The summed E-state index contributed by atoms with van der Waals surface area (Å²) in [5, 5.41) is 6.01. The molecule has 1 fully saturated rings. The van der Waals surface area contributed by atoms with E-state index in [1.165, 1.54) is 11.3 Å². The van der Waals surface area contributed by atoms with E-state index in [1.807, 2.05) is 59.7 Å². The summed E-state index contributed by atoms with van der Waals surface area (Å²) in [6, 6.07) is 13.3. The molecule has 1 aliphatic rings. The molecule has 0 aliphatic carbocycles.